The fourth-order valence-electron chi connectivity index (χ4n) is 13.8. The van der Waals surface area contributed by atoms with E-state index in [1.807, 2.05) is 50.4 Å². The van der Waals surface area contributed by atoms with Crippen LogP contribution in [0.15, 0.2) is 90.5 Å². The lowest BCUT2D eigenvalue weighted by atomic mass is 9.96. The highest BCUT2D eigenvalue weighted by Crippen LogP contribution is 2.46. The summed E-state index contributed by atoms with van der Waals surface area (Å²) >= 11 is 35.7. The maximum absolute atomic E-state index is 5.69. The van der Waals surface area contributed by atoms with Gasteiger partial charge in [-0.3, -0.25) is 0 Å². The first-order chi connectivity index (χ1) is 41.3. The van der Waals surface area contributed by atoms with Gasteiger partial charge >= 0.3 is 0 Å². The molecule has 12 heteroatoms. The molecule has 6 aliphatic rings. The second-order valence-electron chi connectivity index (χ2n) is 29.5. The number of halogens is 6. The van der Waals surface area contributed by atoms with Crippen molar-refractivity contribution in [3.63, 3.8) is 0 Å². The van der Waals surface area contributed by atoms with Gasteiger partial charge in [-0.15, -0.1) is 92.3 Å². The van der Waals surface area contributed by atoms with E-state index in [1.165, 1.54) is 136 Å². The van der Waals surface area contributed by atoms with Gasteiger partial charge in [0.25, 0.3) is 0 Å². The number of alkyl halides is 6. The van der Waals surface area contributed by atoms with Crippen LogP contribution in [0, 0.1) is 88.9 Å². The zero-order valence-corrected chi connectivity index (χ0v) is 64.7. The zero-order chi connectivity index (χ0) is 66.6. The Bertz CT molecular complexity index is 2510. The van der Waals surface area contributed by atoms with E-state index in [2.05, 4.69) is 142 Å². The topological polar surface area (TPSA) is 52.6 Å². The van der Waals surface area contributed by atoms with E-state index in [4.69, 9.17) is 87.3 Å². The summed E-state index contributed by atoms with van der Waals surface area (Å²) in [6.07, 6.45) is 21.8. The van der Waals surface area contributed by atoms with Crippen LogP contribution in [-0.2, 0) is 0 Å². The molecule has 6 fully saturated rings. The van der Waals surface area contributed by atoms with Gasteiger partial charge in [0, 0.05) is 43.2 Å². The van der Waals surface area contributed by atoms with Crippen LogP contribution in [0.25, 0.3) is 0 Å². The lowest BCUT2D eigenvalue weighted by Gasteiger charge is -2.11. The molecule has 0 aromatic carbocycles. The molecule has 0 N–H and O–H groups in total. The van der Waals surface area contributed by atoms with E-state index in [-0.39, 0.29) is 0 Å². The Labute approximate surface area is 580 Å². The van der Waals surface area contributed by atoms with Gasteiger partial charge in [0.05, 0.1) is 0 Å². The average Bonchev–Trinajstić information content (AvgIpc) is 3.48. The molecule has 6 aromatic heterocycles. The first-order valence-corrected chi connectivity index (χ1v) is 37.8. The normalized spacial score (nSPS) is 27.8. The lowest BCUT2D eigenvalue weighted by Crippen LogP contribution is -1.99. The summed E-state index contributed by atoms with van der Waals surface area (Å²) in [6.45, 7) is 41.6. The SMILES string of the molecule is CC(C)(Cl)Cl.CC(C)(Cl)Cl.CC(C)(Cl)Cl.Cc1ccc(C2CC(C)CC2C)o1.Cc1ccc(C2CC(C)CC2C)o1.Cc1ccc(C2CCC(C)C2)o1.Cc1ccc(C2CCC(C)C2)o1.Cc1ccc(C2CCC(C)C2)s1.Cc1ccc(C2CCC(C)C2)s1. The molecule has 0 radical (unpaired) electrons. The average molecular weight is 1380 g/mol. The predicted octanol–water partition coefficient (Wildman–Crippen LogP) is 29.0. The second kappa shape index (κ2) is 38.1. The van der Waals surface area contributed by atoms with Crippen LogP contribution < -0.4 is 0 Å². The van der Waals surface area contributed by atoms with E-state index in [0.717, 1.165) is 82.2 Å². The summed E-state index contributed by atoms with van der Waals surface area (Å²) in [5.41, 5.74) is 0. The van der Waals surface area contributed by atoms with E-state index < -0.39 is 13.0 Å². The number of hydrogen-bond donors (Lipinski definition) is 0. The number of rotatable bonds is 6. The van der Waals surface area contributed by atoms with Gasteiger partial charge in [-0.1, -0.05) is 68.2 Å². The molecule has 14 unspecified atom stereocenters. The molecule has 0 spiro atoms. The van der Waals surface area contributed by atoms with Crippen LogP contribution in [0.2, 0.25) is 0 Å². The summed E-state index contributed by atoms with van der Waals surface area (Å²) in [7, 11) is 0. The van der Waals surface area contributed by atoms with Crippen LogP contribution in [0.3, 0.4) is 0 Å². The molecule has 0 bridgehead atoms. The molecule has 12 rings (SSSR count). The number of furan rings is 4. The van der Waals surface area contributed by atoms with Gasteiger partial charge in [-0.25, -0.2) is 0 Å². The van der Waals surface area contributed by atoms with Crippen molar-refractivity contribution >= 4 is 92.3 Å². The van der Waals surface area contributed by atoms with Crippen LogP contribution in [0.1, 0.15) is 301 Å². The van der Waals surface area contributed by atoms with E-state index in [9.17, 15) is 0 Å². The van der Waals surface area contributed by atoms with Crippen LogP contribution in [0.5, 0.6) is 0 Å². The van der Waals surface area contributed by atoms with Crippen molar-refractivity contribution in [1.29, 1.82) is 0 Å². The molecule has 0 saturated heterocycles. The first kappa shape index (κ1) is 79.7. The Morgan fingerprint density at radius 1 is 0.303 bits per heavy atom. The molecule has 14 atom stereocenters. The summed E-state index contributed by atoms with van der Waals surface area (Å²) in [4.78, 5) is 6.17. The lowest BCUT2D eigenvalue weighted by molar-refractivity contribution is 0.401. The molecule has 6 saturated carbocycles. The second-order valence-corrected chi connectivity index (χ2v) is 38.3. The molecular formula is C77H118Cl6O4S2. The largest absolute Gasteiger partial charge is 0.466 e. The maximum Gasteiger partial charge on any atom is 0.112 e. The highest BCUT2D eigenvalue weighted by molar-refractivity contribution is 7.12. The molecule has 504 valence electrons. The van der Waals surface area contributed by atoms with Crippen molar-refractivity contribution in [1.82, 2.24) is 0 Å². The Morgan fingerprint density at radius 3 is 0.730 bits per heavy atom. The fourth-order valence-corrected chi connectivity index (χ4v) is 15.8. The van der Waals surface area contributed by atoms with Gasteiger partial charge in [-0.05, 0) is 305 Å². The van der Waals surface area contributed by atoms with Gasteiger partial charge in [-0.2, -0.15) is 0 Å². The van der Waals surface area contributed by atoms with Crippen molar-refractivity contribution in [3.05, 3.63) is 138 Å². The molecular weight excluding hydrogens is 1270 g/mol. The number of thiophene rings is 2. The zero-order valence-electron chi connectivity index (χ0n) is 58.5. The molecule has 89 heavy (non-hydrogen) atoms. The van der Waals surface area contributed by atoms with Gasteiger partial charge < -0.3 is 17.7 Å². The minimum atomic E-state index is -0.556. The highest BCUT2D eigenvalue weighted by Gasteiger charge is 2.33. The molecule has 4 nitrogen and oxygen atoms in total. The summed E-state index contributed by atoms with van der Waals surface area (Å²) in [5, 5.41) is 0. The Hall–Kier alpha value is -1.74. The van der Waals surface area contributed by atoms with Crippen molar-refractivity contribution in [2.45, 2.75) is 290 Å². The number of aryl methyl sites for hydroxylation is 6. The Kier molecular flexibility index (Phi) is 34.1. The van der Waals surface area contributed by atoms with Crippen molar-refractivity contribution < 1.29 is 17.7 Å². The Morgan fingerprint density at radius 2 is 0.551 bits per heavy atom. The first-order valence-electron chi connectivity index (χ1n) is 33.9. The van der Waals surface area contributed by atoms with Crippen LogP contribution in [-0.4, -0.2) is 13.0 Å². The predicted molar refractivity (Wildman–Crippen MR) is 393 cm³/mol. The summed E-state index contributed by atoms with van der Waals surface area (Å²) < 4.78 is 20.9. The molecule has 6 aromatic rings. The molecule has 6 heterocycles. The minimum absolute atomic E-state index is 0.556. The summed E-state index contributed by atoms with van der Waals surface area (Å²) in [6, 6.07) is 26.0. The van der Waals surface area contributed by atoms with E-state index in [1.54, 1.807) is 51.3 Å². The van der Waals surface area contributed by atoms with Crippen LogP contribution >= 0.6 is 92.3 Å². The maximum atomic E-state index is 5.69. The standard InChI is InChI=1S/2C12H18O.2C11H16O.2C11H16S.3C3H6Cl2/c2*1-8-6-9(2)11(7-8)12-5-4-10(3)13-12;4*1-8-3-5-10(7-8)11-6-4-9(2)12-11;3*1-3(2,4)5/h2*4-5,8-9,11H,6-7H2,1-3H3;4*4,6,8,10H,3,5,7H2,1-2H3;3*1-2H3. The third-order valence-electron chi connectivity index (χ3n) is 17.9. The van der Waals surface area contributed by atoms with Gasteiger partial charge in [0.1, 0.15) is 59.1 Å². The van der Waals surface area contributed by atoms with Crippen molar-refractivity contribution in [2.24, 2.45) is 47.3 Å². The third-order valence-corrected chi connectivity index (χ3v) is 20.2. The smallest absolute Gasteiger partial charge is 0.112 e. The summed E-state index contributed by atoms with van der Waals surface area (Å²) in [5.74, 6) is 20.5. The highest BCUT2D eigenvalue weighted by atomic mass is 35.5. The fraction of sp³-hybridized carbons (Fsp3) is 0.688. The van der Waals surface area contributed by atoms with Gasteiger partial charge in [0.15, 0.2) is 0 Å². The molecule has 0 aliphatic heterocycles. The third kappa shape index (κ3) is 33.0. The van der Waals surface area contributed by atoms with E-state index in [0.29, 0.717) is 23.7 Å². The molecule has 6 aliphatic carbocycles. The molecule has 0 amide bonds. The van der Waals surface area contributed by atoms with Gasteiger partial charge in [0.2, 0.25) is 0 Å². The quantitative estimate of drug-likeness (QED) is 0.156. The van der Waals surface area contributed by atoms with Crippen LogP contribution in [0.4, 0.5) is 0 Å². The van der Waals surface area contributed by atoms with Crippen molar-refractivity contribution in [3.8, 4) is 0 Å². The minimum Gasteiger partial charge on any atom is -0.466 e. The van der Waals surface area contributed by atoms with Crippen molar-refractivity contribution in [2.75, 3.05) is 0 Å². The Balaban J connectivity index is 0.000000218. The monoisotopic (exact) mass is 1380 g/mol. The van der Waals surface area contributed by atoms with E-state index >= 15 is 0 Å². The number of hydrogen-bond acceptors (Lipinski definition) is 6.